The monoisotopic (exact) mass is 419 g/mol. The van der Waals surface area contributed by atoms with Crippen LogP contribution in [0.1, 0.15) is 5.56 Å². The number of halogens is 1. The third kappa shape index (κ3) is 4.17. The van der Waals surface area contributed by atoms with Crippen LogP contribution in [0.4, 0.5) is 0 Å². The second kappa shape index (κ2) is 8.32. The first-order chi connectivity index (χ1) is 11.0. The number of rotatable bonds is 7. The maximum atomic E-state index is 12.5. The van der Waals surface area contributed by atoms with Gasteiger partial charge < -0.3 is 14.2 Å². The summed E-state index contributed by atoms with van der Waals surface area (Å²) in [5.41, 5.74) is 0.983. The normalized spacial score (nSPS) is 17.7. The third-order valence-corrected chi connectivity index (χ3v) is 5.61. The summed E-state index contributed by atoms with van der Waals surface area (Å²) in [4.78, 5) is 14.1. The van der Waals surface area contributed by atoms with Crippen LogP contribution in [-0.2, 0) is 16.0 Å². The van der Waals surface area contributed by atoms with E-state index >= 15 is 0 Å². The molecule has 1 heterocycles. The zero-order chi connectivity index (χ0) is 17.0. The fourth-order valence-electron chi connectivity index (χ4n) is 2.32. The number of thioether (sulfide) groups is 1. The zero-order valence-corrected chi connectivity index (χ0v) is 16.3. The second-order valence-electron chi connectivity index (χ2n) is 4.87. The Morgan fingerprint density at radius 1 is 1.30 bits per heavy atom. The summed E-state index contributed by atoms with van der Waals surface area (Å²) in [6.45, 7) is 0.967. The molecule has 0 unspecified atom stereocenters. The lowest BCUT2D eigenvalue weighted by molar-refractivity contribution is -0.126. The molecule has 1 aliphatic heterocycles. The maximum Gasteiger partial charge on any atom is 0.242 e. The number of ether oxygens (including phenoxy) is 3. The molecule has 0 saturated carbocycles. The molecule has 0 N–H and O–H groups in total. The second-order valence-corrected chi connectivity index (χ2v) is 7.56. The van der Waals surface area contributed by atoms with E-state index < -0.39 is 0 Å². The van der Waals surface area contributed by atoms with Crippen molar-refractivity contribution < 1.29 is 19.0 Å². The van der Waals surface area contributed by atoms with Gasteiger partial charge in [0.2, 0.25) is 5.91 Å². The maximum absolute atomic E-state index is 12.5. The molecule has 1 atom stereocenters. The lowest BCUT2D eigenvalue weighted by Gasteiger charge is -2.15. The molecule has 8 heteroatoms. The minimum Gasteiger partial charge on any atom is -0.493 e. The predicted molar refractivity (Wildman–Crippen MR) is 98.5 cm³/mol. The largest absolute Gasteiger partial charge is 0.493 e. The molecule has 126 valence electrons. The Labute approximate surface area is 153 Å². The van der Waals surface area contributed by atoms with Crippen LogP contribution < -0.4 is 9.47 Å². The highest BCUT2D eigenvalue weighted by Gasteiger charge is 2.36. The number of methoxy groups -OCH3 is 3. The Morgan fingerprint density at radius 3 is 2.65 bits per heavy atom. The fraction of sp³-hybridized carbons (Fsp3) is 0.467. The van der Waals surface area contributed by atoms with Crippen molar-refractivity contribution in [3.05, 3.63) is 22.2 Å². The highest BCUT2D eigenvalue weighted by Crippen LogP contribution is 2.38. The molecule has 1 aliphatic rings. The van der Waals surface area contributed by atoms with Crippen molar-refractivity contribution in [1.29, 1.82) is 0 Å². The van der Waals surface area contributed by atoms with E-state index in [-0.39, 0.29) is 11.2 Å². The van der Waals surface area contributed by atoms with E-state index in [1.54, 1.807) is 26.2 Å². The Bertz CT molecular complexity index is 611. The van der Waals surface area contributed by atoms with E-state index in [1.165, 1.54) is 11.8 Å². The van der Waals surface area contributed by atoms with Gasteiger partial charge in [0.25, 0.3) is 0 Å². The first-order valence-electron chi connectivity index (χ1n) is 6.93. The van der Waals surface area contributed by atoms with Gasteiger partial charge in [-0.3, -0.25) is 9.69 Å². The standard InChI is InChI=1S/C15H18BrNO4S2/c1-19-5-4-17-14(18)12(23-15(17)22)8-9-6-10(16)13(21-3)11(7-9)20-2/h6-7,12H,4-5,8H2,1-3H3/t12-/m0/s1. The van der Waals surface area contributed by atoms with Gasteiger partial charge in [-0.25, -0.2) is 0 Å². The van der Waals surface area contributed by atoms with Gasteiger partial charge in [0.15, 0.2) is 11.5 Å². The third-order valence-electron chi connectivity index (χ3n) is 3.44. The average molecular weight is 420 g/mol. The molecule has 0 bridgehead atoms. The van der Waals surface area contributed by atoms with Crippen LogP contribution in [0.25, 0.3) is 0 Å². The van der Waals surface area contributed by atoms with Crippen molar-refractivity contribution in [2.24, 2.45) is 0 Å². The van der Waals surface area contributed by atoms with Gasteiger partial charge in [-0.05, 0) is 40.0 Å². The van der Waals surface area contributed by atoms with Gasteiger partial charge in [0, 0.05) is 7.11 Å². The van der Waals surface area contributed by atoms with Crippen molar-refractivity contribution in [3.8, 4) is 11.5 Å². The summed E-state index contributed by atoms with van der Waals surface area (Å²) in [7, 11) is 4.78. The number of benzene rings is 1. The number of hydrogen-bond donors (Lipinski definition) is 0. The number of hydrogen-bond acceptors (Lipinski definition) is 6. The first kappa shape index (κ1) is 18.5. The fourth-order valence-corrected chi connectivity index (χ4v) is 4.55. The minimum absolute atomic E-state index is 0.0305. The SMILES string of the molecule is COCCN1C(=O)[C@H](Cc2cc(Br)c(OC)c(OC)c2)SC1=S. The molecule has 23 heavy (non-hydrogen) atoms. The van der Waals surface area contributed by atoms with Gasteiger partial charge in [-0.15, -0.1) is 0 Å². The Balaban J connectivity index is 2.15. The van der Waals surface area contributed by atoms with Crippen LogP contribution >= 0.6 is 39.9 Å². The van der Waals surface area contributed by atoms with Gasteiger partial charge in [-0.2, -0.15) is 0 Å². The molecule has 5 nitrogen and oxygen atoms in total. The molecular formula is C15H18BrNO4S2. The van der Waals surface area contributed by atoms with Crippen molar-refractivity contribution in [1.82, 2.24) is 4.90 Å². The predicted octanol–water partition coefficient (Wildman–Crippen LogP) is 2.88. The molecule has 1 fully saturated rings. The lowest BCUT2D eigenvalue weighted by Crippen LogP contribution is -2.34. The molecular weight excluding hydrogens is 402 g/mol. The Morgan fingerprint density at radius 2 is 2.04 bits per heavy atom. The van der Waals surface area contributed by atoms with Crippen LogP contribution in [0, 0.1) is 0 Å². The number of amides is 1. The molecule has 0 aliphatic carbocycles. The number of carbonyl (C=O) groups excluding carboxylic acids is 1. The van der Waals surface area contributed by atoms with E-state index in [2.05, 4.69) is 15.9 Å². The minimum atomic E-state index is -0.218. The molecule has 1 aromatic rings. The highest BCUT2D eigenvalue weighted by molar-refractivity contribution is 9.10. The molecule has 1 saturated heterocycles. The topological polar surface area (TPSA) is 48.0 Å². The van der Waals surface area contributed by atoms with Gasteiger partial charge in [0.05, 0.1) is 37.1 Å². The van der Waals surface area contributed by atoms with E-state index in [9.17, 15) is 4.79 Å². The average Bonchev–Trinajstić information content (AvgIpc) is 2.78. The zero-order valence-electron chi connectivity index (χ0n) is 13.1. The van der Waals surface area contributed by atoms with Gasteiger partial charge in [-0.1, -0.05) is 24.0 Å². The van der Waals surface area contributed by atoms with Crippen molar-refractivity contribution in [2.45, 2.75) is 11.7 Å². The van der Waals surface area contributed by atoms with E-state index in [0.29, 0.717) is 35.4 Å². The van der Waals surface area contributed by atoms with E-state index in [1.807, 2.05) is 12.1 Å². The number of nitrogens with zero attached hydrogens (tertiary/aromatic N) is 1. The molecule has 1 amide bonds. The van der Waals surface area contributed by atoms with Crippen LogP contribution in [0.3, 0.4) is 0 Å². The summed E-state index contributed by atoms with van der Waals surface area (Å²) in [5, 5.41) is -0.218. The van der Waals surface area contributed by atoms with Crippen molar-refractivity contribution in [3.63, 3.8) is 0 Å². The Hall–Kier alpha value is -0.830. The van der Waals surface area contributed by atoms with Crippen LogP contribution in [0.15, 0.2) is 16.6 Å². The Kier molecular flexibility index (Phi) is 6.70. The quantitative estimate of drug-likeness (QED) is 0.633. The summed E-state index contributed by atoms with van der Waals surface area (Å²) >= 11 is 10.2. The molecule has 0 spiro atoms. The van der Waals surface area contributed by atoms with Crippen molar-refractivity contribution in [2.75, 3.05) is 34.5 Å². The number of carbonyl (C=O) groups is 1. The van der Waals surface area contributed by atoms with Gasteiger partial charge >= 0.3 is 0 Å². The smallest absolute Gasteiger partial charge is 0.242 e. The van der Waals surface area contributed by atoms with Gasteiger partial charge in [0.1, 0.15) is 4.32 Å². The molecule has 0 radical (unpaired) electrons. The lowest BCUT2D eigenvalue weighted by atomic mass is 10.1. The van der Waals surface area contributed by atoms with Crippen LogP contribution in [0.2, 0.25) is 0 Å². The van der Waals surface area contributed by atoms with Crippen molar-refractivity contribution >= 4 is 50.1 Å². The molecule has 2 rings (SSSR count). The van der Waals surface area contributed by atoms with E-state index in [4.69, 9.17) is 26.4 Å². The summed E-state index contributed by atoms with van der Waals surface area (Å²) in [5.74, 6) is 1.30. The van der Waals surface area contributed by atoms with Crippen LogP contribution in [-0.4, -0.2) is 54.9 Å². The molecule has 1 aromatic carbocycles. The first-order valence-corrected chi connectivity index (χ1v) is 9.01. The summed E-state index contributed by atoms with van der Waals surface area (Å²) in [6.07, 6.45) is 0.575. The summed E-state index contributed by atoms with van der Waals surface area (Å²) < 4.78 is 17.1. The van der Waals surface area contributed by atoms with Crippen LogP contribution in [0.5, 0.6) is 11.5 Å². The highest BCUT2D eigenvalue weighted by atomic mass is 79.9. The molecule has 0 aromatic heterocycles. The summed E-state index contributed by atoms with van der Waals surface area (Å²) in [6, 6.07) is 3.83. The number of thiocarbonyl (C=S) groups is 1. The van der Waals surface area contributed by atoms with E-state index in [0.717, 1.165) is 10.0 Å².